The van der Waals surface area contributed by atoms with Crippen molar-refractivity contribution < 1.29 is 4.79 Å². The van der Waals surface area contributed by atoms with Crippen molar-refractivity contribution >= 4 is 11.6 Å². The van der Waals surface area contributed by atoms with E-state index in [4.69, 9.17) is 0 Å². The van der Waals surface area contributed by atoms with Crippen molar-refractivity contribution in [1.29, 1.82) is 0 Å². The van der Waals surface area contributed by atoms with E-state index in [2.05, 4.69) is 15.4 Å². The molecule has 7 heteroatoms. The monoisotopic (exact) mass is 385 g/mol. The van der Waals surface area contributed by atoms with Gasteiger partial charge in [-0.3, -0.25) is 19.3 Å². The van der Waals surface area contributed by atoms with Crippen LogP contribution in [0.3, 0.4) is 0 Å². The molecule has 4 aromatic rings. The van der Waals surface area contributed by atoms with Gasteiger partial charge in [0.25, 0.3) is 11.5 Å². The molecule has 0 spiro atoms. The molecule has 1 amide bonds. The Morgan fingerprint density at radius 3 is 2.66 bits per heavy atom. The Morgan fingerprint density at radius 2 is 1.90 bits per heavy atom. The second-order valence-electron chi connectivity index (χ2n) is 6.60. The topological polar surface area (TPSA) is 81.8 Å². The lowest BCUT2D eigenvalue weighted by atomic mass is 10.1. The van der Waals surface area contributed by atoms with Crippen LogP contribution in [0.15, 0.2) is 84.2 Å². The molecule has 0 saturated carbocycles. The van der Waals surface area contributed by atoms with Crippen molar-refractivity contribution in [2.24, 2.45) is 7.05 Å². The van der Waals surface area contributed by atoms with Gasteiger partial charge in [0.15, 0.2) is 0 Å². The number of anilines is 1. The third-order valence-electron chi connectivity index (χ3n) is 4.49. The quantitative estimate of drug-likeness (QED) is 0.573. The molecule has 3 heterocycles. The van der Waals surface area contributed by atoms with Gasteiger partial charge in [0, 0.05) is 31.2 Å². The SMILES string of the molecule is Cn1cc(-c2ncccc2NC(=O)c2cccn(Cc3ccccc3)c2=O)cn1. The van der Waals surface area contributed by atoms with E-state index < -0.39 is 5.91 Å². The van der Waals surface area contributed by atoms with Crippen molar-refractivity contribution in [3.8, 4) is 11.3 Å². The Kier molecular flexibility index (Phi) is 5.03. The van der Waals surface area contributed by atoms with Gasteiger partial charge in [0.1, 0.15) is 5.56 Å². The maximum absolute atomic E-state index is 12.9. The van der Waals surface area contributed by atoms with Crippen molar-refractivity contribution in [3.63, 3.8) is 0 Å². The molecule has 0 atom stereocenters. The van der Waals surface area contributed by atoms with Crippen molar-refractivity contribution in [2.45, 2.75) is 6.54 Å². The number of carbonyl (C=O) groups excluding carboxylic acids is 1. The van der Waals surface area contributed by atoms with Gasteiger partial charge in [-0.15, -0.1) is 0 Å². The first-order valence-electron chi connectivity index (χ1n) is 9.10. The first-order chi connectivity index (χ1) is 14.1. The lowest BCUT2D eigenvalue weighted by Gasteiger charge is -2.11. The Morgan fingerprint density at radius 1 is 1.07 bits per heavy atom. The standard InChI is InChI=1S/C22H19N5O2/c1-26-15-17(13-24-26)20-19(10-5-11-23-20)25-21(28)18-9-6-12-27(22(18)29)14-16-7-3-2-4-8-16/h2-13,15H,14H2,1H3,(H,25,28). The first kappa shape index (κ1) is 18.4. The predicted octanol–water partition coefficient (Wildman–Crippen LogP) is 2.94. The largest absolute Gasteiger partial charge is 0.320 e. The van der Waals surface area contributed by atoms with Gasteiger partial charge in [-0.05, 0) is 29.8 Å². The maximum atomic E-state index is 12.9. The highest BCUT2D eigenvalue weighted by molar-refractivity contribution is 6.05. The number of aryl methyl sites for hydroxylation is 1. The molecule has 0 bridgehead atoms. The summed E-state index contributed by atoms with van der Waals surface area (Å²) in [7, 11) is 1.81. The summed E-state index contributed by atoms with van der Waals surface area (Å²) in [5.74, 6) is -0.476. The molecular formula is C22H19N5O2. The fourth-order valence-electron chi connectivity index (χ4n) is 3.08. The number of rotatable bonds is 5. The number of pyridine rings is 2. The summed E-state index contributed by atoms with van der Waals surface area (Å²) in [6.07, 6.45) is 6.81. The molecule has 1 N–H and O–H groups in total. The molecule has 0 radical (unpaired) electrons. The van der Waals surface area contributed by atoms with Crippen LogP contribution in [-0.4, -0.2) is 25.2 Å². The van der Waals surface area contributed by atoms with Crippen LogP contribution in [0.5, 0.6) is 0 Å². The van der Waals surface area contributed by atoms with Crippen molar-refractivity contribution in [1.82, 2.24) is 19.3 Å². The molecule has 144 valence electrons. The third kappa shape index (κ3) is 3.98. The van der Waals surface area contributed by atoms with E-state index >= 15 is 0 Å². The minimum atomic E-state index is -0.476. The molecule has 3 aromatic heterocycles. The Bertz CT molecular complexity index is 1210. The summed E-state index contributed by atoms with van der Waals surface area (Å²) in [6.45, 7) is 0.397. The van der Waals surface area contributed by atoms with Gasteiger partial charge < -0.3 is 9.88 Å². The zero-order chi connectivity index (χ0) is 20.2. The van der Waals surface area contributed by atoms with E-state index in [-0.39, 0.29) is 11.1 Å². The van der Waals surface area contributed by atoms with Crippen LogP contribution in [0.4, 0.5) is 5.69 Å². The van der Waals surface area contributed by atoms with Gasteiger partial charge in [-0.1, -0.05) is 30.3 Å². The first-order valence-corrected chi connectivity index (χ1v) is 9.10. The molecule has 0 fully saturated rings. The highest BCUT2D eigenvalue weighted by atomic mass is 16.2. The number of amides is 1. The van der Waals surface area contributed by atoms with E-state index in [9.17, 15) is 9.59 Å². The van der Waals surface area contributed by atoms with Gasteiger partial charge in [-0.2, -0.15) is 5.10 Å². The molecule has 0 unspecified atom stereocenters. The highest BCUT2D eigenvalue weighted by Crippen LogP contribution is 2.25. The number of benzene rings is 1. The van der Waals surface area contributed by atoms with Gasteiger partial charge in [-0.25, -0.2) is 0 Å². The van der Waals surface area contributed by atoms with Crippen molar-refractivity contribution in [3.05, 3.63) is 101 Å². The second kappa shape index (κ2) is 7.93. The lowest BCUT2D eigenvalue weighted by molar-refractivity contribution is 0.102. The van der Waals surface area contributed by atoms with Crippen LogP contribution in [0.1, 0.15) is 15.9 Å². The van der Waals surface area contributed by atoms with E-state index in [0.717, 1.165) is 11.1 Å². The minimum Gasteiger partial charge on any atom is -0.320 e. The molecular weight excluding hydrogens is 366 g/mol. The predicted molar refractivity (Wildman–Crippen MR) is 111 cm³/mol. The molecule has 4 rings (SSSR count). The van der Waals surface area contributed by atoms with Crippen LogP contribution in [-0.2, 0) is 13.6 Å². The van der Waals surface area contributed by atoms with Crippen molar-refractivity contribution in [2.75, 3.05) is 5.32 Å². The second-order valence-corrected chi connectivity index (χ2v) is 6.60. The summed E-state index contributed by atoms with van der Waals surface area (Å²) in [4.78, 5) is 30.0. The van der Waals surface area contributed by atoms with Crippen LogP contribution in [0.25, 0.3) is 11.3 Å². The van der Waals surface area contributed by atoms with Gasteiger partial charge >= 0.3 is 0 Å². The highest BCUT2D eigenvalue weighted by Gasteiger charge is 2.16. The number of hydrogen-bond acceptors (Lipinski definition) is 4. The Labute approximate surface area is 167 Å². The fraction of sp³-hybridized carbons (Fsp3) is 0.0909. The number of aromatic nitrogens is 4. The van der Waals surface area contributed by atoms with Crippen LogP contribution in [0.2, 0.25) is 0 Å². The summed E-state index contributed by atoms with van der Waals surface area (Å²) < 4.78 is 3.19. The van der Waals surface area contributed by atoms with E-state index in [0.29, 0.717) is 17.9 Å². The fourth-order valence-corrected chi connectivity index (χ4v) is 3.08. The summed E-state index contributed by atoms with van der Waals surface area (Å²) in [5.41, 5.74) is 2.60. The number of hydrogen-bond donors (Lipinski definition) is 1. The molecule has 7 nitrogen and oxygen atoms in total. The third-order valence-corrected chi connectivity index (χ3v) is 4.49. The maximum Gasteiger partial charge on any atom is 0.263 e. The molecule has 0 aliphatic carbocycles. The number of carbonyl (C=O) groups is 1. The summed E-state index contributed by atoms with van der Waals surface area (Å²) in [5, 5.41) is 6.96. The molecule has 0 saturated heterocycles. The molecule has 1 aromatic carbocycles. The van der Waals surface area contributed by atoms with Gasteiger partial charge in [0.2, 0.25) is 0 Å². The van der Waals surface area contributed by atoms with Crippen LogP contribution >= 0.6 is 0 Å². The minimum absolute atomic E-state index is 0.0735. The normalized spacial score (nSPS) is 10.7. The van der Waals surface area contributed by atoms with E-state index in [1.807, 2.05) is 43.6 Å². The Hall–Kier alpha value is -4.00. The summed E-state index contributed by atoms with van der Waals surface area (Å²) in [6, 6.07) is 16.3. The van der Waals surface area contributed by atoms with Gasteiger partial charge in [0.05, 0.1) is 24.1 Å². The van der Waals surface area contributed by atoms with E-state index in [1.165, 1.54) is 10.6 Å². The molecule has 0 aliphatic heterocycles. The average Bonchev–Trinajstić information content (AvgIpc) is 3.17. The smallest absolute Gasteiger partial charge is 0.263 e. The van der Waals surface area contributed by atoms with Crippen LogP contribution in [0, 0.1) is 0 Å². The van der Waals surface area contributed by atoms with Crippen LogP contribution < -0.4 is 10.9 Å². The van der Waals surface area contributed by atoms with E-state index in [1.54, 1.807) is 41.5 Å². The number of nitrogens with zero attached hydrogens (tertiary/aromatic N) is 4. The number of nitrogens with one attached hydrogen (secondary N) is 1. The zero-order valence-corrected chi connectivity index (χ0v) is 15.8. The Balaban J connectivity index is 1.62. The average molecular weight is 385 g/mol. The molecule has 29 heavy (non-hydrogen) atoms. The molecule has 0 aliphatic rings. The lowest BCUT2D eigenvalue weighted by Crippen LogP contribution is -2.29. The zero-order valence-electron chi connectivity index (χ0n) is 15.8. The summed E-state index contributed by atoms with van der Waals surface area (Å²) >= 11 is 0.